The fraction of sp³-hybridized carbons (Fsp3) is 0.300. The van der Waals surface area contributed by atoms with Crippen molar-refractivity contribution < 1.29 is 9.59 Å². The molecule has 1 fully saturated rings. The summed E-state index contributed by atoms with van der Waals surface area (Å²) in [5.74, 6) is 0.0743. The number of hydrogen-bond acceptors (Lipinski definition) is 2. The van der Waals surface area contributed by atoms with E-state index in [0.29, 0.717) is 19.5 Å². The van der Waals surface area contributed by atoms with Gasteiger partial charge in [-0.05, 0) is 18.1 Å². The van der Waals surface area contributed by atoms with Crippen LogP contribution < -0.4 is 10.6 Å². The lowest BCUT2D eigenvalue weighted by molar-refractivity contribution is -0.128. The third kappa shape index (κ3) is 4.59. The fourth-order valence-corrected chi connectivity index (χ4v) is 3.07. The lowest BCUT2D eigenvalue weighted by atomic mass is 10.1. The molecule has 2 N–H and O–H groups in total. The number of amides is 3. The van der Waals surface area contributed by atoms with E-state index >= 15 is 0 Å². The molecule has 2 atom stereocenters. The van der Waals surface area contributed by atoms with Crippen LogP contribution in [0.1, 0.15) is 30.5 Å². The highest BCUT2D eigenvalue weighted by molar-refractivity contribution is 5.81. The molecule has 130 valence electrons. The topological polar surface area (TPSA) is 61.4 Å². The molecule has 5 nitrogen and oxygen atoms in total. The van der Waals surface area contributed by atoms with Gasteiger partial charge in [-0.2, -0.15) is 0 Å². The van der Waals surface area contributed by atoms with E-state index in [-0.39, 0.29) is 24.0 Å². The Hall–Kier alpha value is -2.82. The van der Waals surface area contributed by atoms with Gasteiger partial charge in [0.15, 0.2) is 0 Å². The van der Waals surface area contributed by atoms with Crippen molar-refractivity contribution >= 4 is 11.9 Å². The first-order valence-electron chi connectivity index (χ1n) is 8.55. The summed E-state index contributed by atoms with van der Waals surface area (Å²) in [6.45, 7) is 3.07. The second kappa shape index (κ2) is 7.83. The molecule has 2 aromatic carbocycles. The van der Waals surface area contributed by atoms with Gasteiger partial charge >= 0.3 is 6.03 Å². The van der Waals surface area contributed by atoms with Crippen LogP contribution in [0.5, 0.6) is 0 Å². The maximum atomic E-state index is 12.2. The summed E-state index contributed by atoms with van der Waals surface area (Å²) in [6, 6.07) is 19.2. The minimum absolute atomic E-state index is 0.0743. The van der Waals surface area contributed by atoms with Crippen LogP contribution in [0.3, 0.4) is 0 Å². The van der Waals surface area contributed by atoms with Crippen LogP contribution in [-0.4, -0.2) is 29.4 Å². The van der Waals surface area contributed by atoms with Crippen molar-refractivity contribution in [2.45, 2.75) is 32.0 Å². The van der Waals surface area contributed by atoms with Gasteiger partial charge in [-0.1, -0.05) is 60.7 Å². The molecular weight excluding hydrogens is 314 g/mol. The molecule has 0 spiro atoms. The second-order valence-corrected chi connectivity index (χ2v) is 6.41. The molecule has 3 amide bonds. The van der Waals surface area contributed by atoms with Crippen LogP contribution in [0.2, 0.25) is 0 Å². The molecule has 2 aromatic rings. The Labute approximate surface area is 148 Å². The second-order valence-electron chi connectivity index (χ2n) is 6.41. The van der Waals surface area contributed by atoms with Crippen molar-refractivity contribution in [2.75, 3.05) is 6.54 Å². The molecule has 0 saturated carbocycles. The Kier molecular flexibility index (Phi) is 5.33. The van der Waals surface area contributed by atoms with E-state index in [2.05, 4.69) is 10.6 Å². The molecule has 1 aliphatic rings. The number of benzene rings is 2. The third-order valence-electron chi connectivity index (χ3n) is 4.41. The summed E-state index contributed by atoms with van der Waals surface area (Å²) < 4.78 is 0. The van der Waals surface area contributed by atoms with Gasteiger partial charge in [-0.25, -0.2) is 4.79 Å². The van der Waals surface area contributed by atoms with Gasteiger partial charge in [0.2, 0.25) is 5.91 Å². The highest BCUT2D eigenvalue weighted by Crippen LogP contribution is 2.15. The fourth-order valence-electron chi connectivity index (χ4n) is 3.07. The zero-order valence-electron chi connectivity index (χ0n) is 14.3. The highest BCUT2D eigenvalue weighted by Gasteiger charge is 2.30. The summed E-state index contributed by atoms with van der Waals surface area (Å²) in [5.41, 5.74) is 2.14. The summed E-state index contributed by atoms with van der Waals surface area (Å²) in [6.07, 6.45) is 0.347. The Balaban J connectivity index is 1.50. The molecule has 0 aliphatic carbocycles. The van der Waals surface area contributed by atoms with Crippen molar-refractivity contribution in [3.8, 4) is 0 Å². The number of hydrogen-bond donors (Lipinski definition) is 2. The van der Waals surface area contributed by atoms with Crippen LogP contribution in [0, 0.1) is 0 Å². The van der Waals surface area contributed by atoms with Crippen LogP contribution >= 0.6 is 0 Å². The third-order valence-corrected chi connectivity index (χ3v) is 4.41. The summed E-state index contributed by atoms with van der Waals surface area (Å²) in [5, 5.41) is 5.84. The number of rotatable bonds is 5. The standard InChI is InChI=1S/C20H23N3O2/c1-15(17-10-6-3-7-11-17)21-20(25)22-18-12-19(24)23(14-18)13-16-8-4-2-5-9-16/h2-11,15,18H,12-14H2,1H3,(H2,21,22,25). The quantitative estimate of drug-likeness (QED) is 0.881. The van der Waals surface area contributed by atoms with Gasteiger partial charge < -0.3 is 15.5 Å². The number of carbonyl (C=O) groups excluding carboxylic acids is 2. The smallest absolute Gasteiger partial charge is 0.315 e. The average Bonchev–Trinajstić information content (AvgIpc) is 2.95. The zero-order chi connectivity index (χ0) is 17.6. The average molecular weight is 337 g/mol. The first-order valence-corrected chi connectivity index (χ1v) is 8.55. The van der Waals surface area contributed by atoms with Gasteiger partial charge in [0.05, 0.1) is 12.1 Å². The molecule has 0 bridgehead atoms. The van der Waals surface area contributed by atoms with Gasteiger partial charge in [-0.15, -0.1) is 0 Å². The molecule has 1 heterocycles. The van der Waals surface area contributed by atoms with Crippen molar-refractivity contribution in [3.63, 3.8) is 0 Å². The number of urea groups is 1. The van der Waals surface area contributed by atoms with Gasteiger partial charge in [0.25, 0.3) is 0 Å². The number of nitrogens with zero attached hydrogens (tertiary/aromatic N) is 1. The van der Waals surface area contributed by atoms with E-state index in [1.165, 1.54) is 0 Å². The van der Waals surface area contributed by atoms with Crippen LogP contribution in [-0.2, 0) is 11.3 Å². The van der Waals surface area contributed by atoms with Crippen molar-refractivity contribution in [2.24, 2.45) is 0 Å². The van der Waals surface area contributed by atoms with Crippen molar-refractivity contribution in [3.05, 3.63) is 71.8 Å². The van der Waals surface area contributed by atoms with E-state index in [1.807, 2.05) is 67.6 Å². The first kappa shape index (κ1) is 17.0. The van der Waals surface area contributed by atoms with E-state index in [1.54, 1.807) is 4.90 Å². The Morgan fingerprint density at radius 2 is 1.76 bits per heavy atom. The highest BCUT2D eigenvalue weighted by atomic mass is 16.2. The molecule has 0 aromatic heterocycles. The van der Waals surface area contributed by atoms with E-state index in [4.69, 9.17) is 0 Å². The van der Waals surface area contributed by atoms with Crippen LogP contribution in [0.25, 0.3) is 0 Å². The number of likely N-dealkylation sites (tertiary alicyclic amines) is 1. The summed E-state index contributed by atoms with van der Waals surface area (Å²) >= 11 is 0. The monoisotopic (exact) mass is 337 g/mol. The van der Waals surface area contributed by atoms with E-state index in [0.717, 1.165) is 11.1 Å². The molecule has 0 radical (unpaired) electrons. The van der Waals surface area contributed by atoms with Gasteiger partial charge in [0, 0.05) is 19.5 Å². The predicted octanol–water partition coefficient (Wildman–Crippen LogP) is 2.85. The first-order chi connectivity index (χ1) is 12.1. The molecule has 2 unspecified atom stereocenters. The molecule has 5 heteroatoms. The summed E-state index contributed by atoms with van der Waals surface area (Å²) in [4.78, 5) is 26.2. The Morgan fingerprint density at radius 3 is 2.44 bits per heavy atom. The molecular formula is C20H23N3O2. The Bertz CT molecular complexity index is 718. The summed E-state index contributed by atoms with van der Waals surface area (Å²) in [7, 11) is 0. The zero-order valence-corrected chi connectivity index (χ0v) is 14.3. The van der Waals surface area contributed by atoms with E-state index in [9.17, 15) is 9.59 Å². The number of nitrogens with one attached hydrogen (secondary N) is 2. The molecule has 25 heavy (non-hydrogen) atoms. The minimum Gasteiger partial charge on any atom is -0.336 e. The SMILES string of the molecule is CC(NC(=O)NC1CC(=O)N(Cc2ccccc2)C1)c1ccccc1. The molecule has 1 aliphatic heterocycles. The van der Waals surface area contributed by atoms with Crippen molar-refractivity contribution in [1.82, 2.24) is 15.5 Å². The Morgan fingerprint density at radius 1 is 1.12 bits per heavy atom. The van der Waals surface area contributed by atoms with Crippen molar-refractivity contribution in [1.29, 1.82) is 0 Å². The lowest BCUT2D eigenvalue weighted by Crippen LogP contribution is -2.44. The molecule has 3 rings (SSSR count). The predicted molar refractivity (Wildman–Crippen MR) is 96.8 cm³/mol. The van der Waals surface area contributed by atoms with Gasteiger partial charge in [-0.3, -0.25) is 4.79 Å². The largest absolute Gasteiger partial charge is 0.336 e. The van der Waals surface area contributed by atoms with E-state index < -0.39 is 0 Å². The number of carbonyl (C=O) groups is 2. The normalized spacial score (nSPS) is 18.0. The van der Waals surface area contributed by atoms with Gasteiger partial charge in [0.1, 0.15) is 0 Å². The van der Waals surface area contributed by atoms with Crippen LogP contribution in [0.15, 0.2) is 60.7 Å². The maximum absolute atomic E-state index is 12.2. The lowest BCUT2D eigenvalue weighted by Gasteiger charge is -2.19. The maximum Gasteiger partial charge on any atom is 0.315 e. The minimum atomic E-state index is -0.240. The molecule has 1 saturated heterocycles. The van der Waals surface area contributed by atoms with Crippen LogP contribution in [0.4, 0.5) is 4.79 Å².